The number of nitrogens with zero attached hydrogens (tertiary/aromatic N) is 7. The van der Waals surface area contributed by atoms with Crippen LogP contribution in [0.2, 0.25) is 0 Å². The van der Waals surface area contributed by atoms with Gasteiger partial charge in [-0.25, -0.2) is 14.0 Å². The van der Waals surface area contributed by atoms with Crippen LogP contribution in [0.3, 0.4) is 0 Å². The third-order valence-electron chi connectivity index (χ3n) is 7.19. The highest BCUT2D eigenvalue weighted by Gasteiger charge is 2.27. The van der Waals surface area contributed by atoms with Crippen LogP contribution in [-0.4, -0.2) is 86.4 Å². The highest BCUT2D eigenvalue weighted by atomic mass is 35.5. The Labute approximate surface area is 228 Å². The van der Waals surface area contributed by atoms with E-state index >= 15 is 0 Å². The van der Waals surface area contributed by atoms with E-state index in [1.165, 1.54) is 12.3 Å². The van der Waals surface area contributed by atoms with Gasteiger partial charge >= 0.3 is 11.7 Å². The Kier molecular flexibility index (Phi) is 7.53. The van der Waals surface area contributed by atoms with Crippen LogP contribution < -0.4 is 15.5 Å². The van der Waals surface area contributed by atoms with Crippen molar-refractivity contribution in [1.82, 2.24) is 29.5 Å². The van der Waals surface area contributed by atoms with Gasteiger partial charge in [-0.1, -0.05) is 0 Å². The van der Waals surface area contributed by atoms with Crippen LogP contribution in [0.5, 0.6) is 0 Å². The number of halogens is 2. The maximum Gasteiger partial charge on any atom is 0.352 e. The van der Waals surface area contributed by atoms with Gasteiger partial charge in [0.15, 0.2) is 5.76 Å². The molecular weight excluding hydrogens is 531 g/mol. The lowest BCUT2D eigenvalue weighted by Gasteiger charge is -2.40. The second-order valence-electron chi connectivity index (χ2n) is 9.70. The van der Waals surface area contributed by atoms with Crippen LogP contribution in [0.25, 0.3) is 17.4 Å². The zero-order valence-electron chi connectivity index (χ0n) is 21.0. The lowest BCUT2D eigenvalue weighted by atomic mass is 9.97. The Bertz CT molecular complexity index is 1520. The largest absolute Gasteiger partial charge is 0.478 e. The van der Waals surface area contributed by atoms with E-state index in [0.717, 1.165) is 56.1 Å². The van der Waals surface area contributed by atoms with E-state index in [4.69, 9.17) is 9.52 Å². The second kappa shape index (κ2) is 11.0. The number of H-pyrrole nitrogens is 1. The van der Waals surface area contributed by atoms with Crippen LogP contribution in [-0.2, 0) is 0 Å². The zero-order valence-corrected chi connectivity index (χ0v) is 21.8. The summed E-state index contributed by atoms with van der Waals surface area (Å²) in [6, 6.07) is 7.52. The number of aromatic carboxylic acids is 1. The molecule has 0 aliphatic carbocycles. The molecule has 14 heteroatoms. The first-order chi connectivity index (χ1) is 18.4. The number of piperazine rings is 1. The molecule has 2 saturated heterocycles. The first kappa shape index (κ1) is 26.6. The Morgan fingerprint density at radius 1 is 1.13 bits per heavy atom. The molecule has 0 saturated carbocycles. The predicted octanol–water partition coefficient (Wildman–Crippen LogP) is 2.37. The van der Waals surface area contributed by atoms with Gasteiger partial charge in [-0.2, -0.15) is 9.97 Å². The summed E-state index contributed by atoms with van der Waals surface area (Å²) in [5.74, 6) is 0.213. The zero-order chi connectivity index (χ0) is 26.2. The van der Waals surface area contributed by atoms with Crippen molar-refractivity contribution < 1.29 is 18.7 Å². The first-order valence-corrected chi connectivity index (χ1v) is 12.6. The van der Waals surface area contributed by atoms with Crippen molar-refractivity contribution >= 4 is 35.8 Å². The average Bonchev–Trinajstić information content (AvgIpc) is 3.60. The number of nitrogens with one attached hydrogen (secondary N) is 1. The van der Waals surface area contributed by atoms with Gasteiger partial charge in [0.25, 0.3) is 5.78 Å². The molecule has 1 atom stereocenters. The second-order valence-corrected chi connectivity index (χ2v) is 9.70. The Morgan fingerprint density at radius 3 is 2.67 bits per heavy atom. The normalized spacial score (nSPS) is 18.3. The van der Waals surface area contributed by atoms with Crippen LogP contribution in [0.1, 0.15) is 23.2 Å². The molecule has 206 valence electrons. The highest BCUT2D eigenvalue weighted by molar-refractivity contribution is 5.88. The Morgan fingerprint density at radius 2 is 1.95 bits per heavy atom. The minimum Gasteiger partial charge on any atom is -0.478 e. The van der Waals surface area contributed by atoms with Crippen molar-refractivity contribution in [3.8, 4) is 11.6 Å². The fourth-order valence-corrected chi connectivity index (χ4v) is 5.28. The molecule has 4 aromatic rings. The van der Waals surface area contributed by atoms with E-state index in [2.05, 4.69) is 29.9 Å². The molecule has 2 N–H and O–H groups in total. The monoisotopic (exact) mass is 558 g/mol. The lowest BCUT2D eigenvalue weighted by Crippen LogP contribution is -2.50. The number of benzene rings is 1. The number of aromatic amines is 1. The summed E-state index contributed by atoms with van der Waals surface area (Å²) < 4.78 is 21.0. The van der Waals surface area contributed by atoms with Gasteiger partial charge in [-0.05, 0) is 49.1 Å². The smallest absolute Gasteiger partial charge is 0.352 e. The number of hydrogen-bond acceptors (Lipinski definition) is 9. The van der Waals surface area contributed by atoms with Gasteiger partial charge in [-0.3, -0.25) is 9.88 Å². The van der Waals surface area contributed by atoms with Gasteiger partial charge in [0.2, 0.25) is 11.8 Å². The number of furan rings is 1. The minimum absolute atomic E-state index is 0. The summed E-state index contributed by atoms with van der Waals surface area (Å²) >= 11 is 0. The standard InChI is InChI=1S/C25H27FN8O4.ClH/c26-18-13-17(22(35)36)5-6-19(18)32-10-8-31(9-11-32)14-16-3-1-7-33(15-16)23-28-24-27-21(20-4-2-12-38-20)30-34(24)25(37)29-23;/h2,4-6,12-13,16H,1,3,7-11,14-15H2,(H,35,36)(H,27,28,29,30,37);1H. The van der Waals surface area contributed by atoms with Gasteiger partial charge in [-0.15, -0.1) is 22.0 Å². The number of fused-ring (bicyclic) bond motifs is 1. The van der Waals surface area contributed by atoms with Crippen molar-refractivity contribution in [1.29, 1.82) is 0 Å². The van der Waals surface area contributed by atoms with Crippen molar-refractivity contribution in [2.45, 2.75) is 12.8 Å². The molecule has 1 aromatic carbocycles. The molecular formula is C25H28ClFN8O4. The van der Waals surface area contributed by atoms with Crippen LogP contribution >= 0.6 is 12.4 Å². The fourth-order valence-electron chi connectivity index (χ4n) is 5.28. The third kappa shape index (κ3) is 5.45. The summed E-state index contributed by atoms with van der Waals surface area (Å²) in [5, 5.41) is 13.3. The van der Waals surface area contributed by atoms with Crippen LogP contribution in [0.4, 0.5) is 16.0 Å². The topological polar surface area (TPSA) is 136 Å². The summed E-state index contributed by atoms with van der Waals surface area (Å²) in [6.07, 6.45) is 3.57. The van der Waals surface area contributed by atoms with Crippen LogP contribution in [0.15, 0.2) is 45.8 Å². The van der Waals surface area contributed by atoms with E-state index in [0.29, 0.717) is 42.2 Å². The quantitative estimate of drug-likeness (QED) is 0.363. The van der Waals surface area contributed by atoms with E-state index in [-0.39, 0.29) is 23.7 Å². The molecule has 5 heterocycles. The summed E-state index contributed by atoms with van der Waals surface area (Å²) in [5.41, 5.74) is -0.0199. The molecule has 2 fully saturated rings. The molecule has 0 radical (unpaired) electrons. The molecule has 0 spiro atoms. The molecule has 39 heavy (non-hydrogen) atoms. The van der Waals surface area contributed by atoms with Gasteiger partial charge < -0.3 is 19.3 Å². The number of carbonyl (C=O) groups is 1. The third-order valence-corrected chi connectivity index (χ3v) is 7.19. The van der Waals surface area contributed by atoms with E-state index < -0.39 is 17.5 Å². The molecule has 0 amide bonds. The molecule has 1 unspecified atom stereocenters. The first-order valence-electron chi connectivity index (χ1n) is 12.6. The average molecular weight is 559 g/mol. The molecule has 2 aliphatic heterocycles. The number of carboxylic acids is 1. The number of rotatable bonds is 6. The Hall–Kier alpha value is -3.97. The lowest BCUT2D eigenvalue weighted by molar-refractivity contribution is 0.0696. The molecule has 0 bridgehead atoms. The number of anilines is 2. The van der Waals surface area contributed by atoms with Gasteiger partial charge in [0.1, 0.15) is 5.82 Å². The van der Waals surface area contributed by atoms with Crippen molar-refractivity contribution in [2.24, 2.45) is 5.92 Å². The Balaban J connectivity index is 0.00000308. The maximum absolute atomic E-state index is 14.5. The van der Waals surface area contributed by atoms with Crippen LogP contribution in [0, 0.1) is 11.7 Å². The molecule has 6 rings (SSSR count). The van der Waals surface area contributed by atoms with Gasteiger partial charge in [0, 0.05) is 45.8 Å². The fraction of sp³-hybridized carbons (Fsp3) is 0.400. The van der Waals surface area contributed by atoms with Gasteiger partial charge in [0.05, 0.1) is 17.5 Å². The maximum atomic E-state index is 14.5. The SMILES string of the molecule is Cl.O=C(O)c1ccc(N2CCN(CC3CCCN(c4nc5nc(-c6ccco6)nn5c(=O)[nH]4)C3)CC2)c(F)c1. The van der Waals surface area contributed by atoms with Crippen molar-refractivity contribution in [3.63, 3.8) is 0 Å². The van der Waals surface area contributed by atoms with Crippen molar-refractivity contribution in [2.75, 3.05) is 55.6 Å². The van der Waals surface area contributed by atoms with E-state index in [9.17, 15) is 14.0 Å². The molecule has 2 aliphatic rings. The molecule has 3 aromatic heterocycles. The van der Waals surface area contributed by atoms with Crippen molar-refractivity contribution in [3.05, 3.63) is 58.5 Å². The van der Waals surface area contributed by atoms with E-state index in [1.807, 2.05) is 4.90 Å². The number of aromatic nitrogens is 5. The predicted molar refractivity (Wildman–Crippen MR) is 143 cm³/mol. The summed E-state index contributed by atoms with van der Waals surface area (Å²) in [4.78, 5) is 42.0. The highest BCUT2D eigenvalue weighted by Crippen LogP contribution is 2.25. The number of piperidine rings is 1. The summed E-state index contributed by atoms with van der Waals surface area (Å²) in [7, 11) is 0. The van der Waals surface area contributed by atoms with E-state index in [1.54, 1.807) is 18.2 Å². The minimum atomic E-state index is -1.14. The summed E-state index contributed by atoms with van der Waals surface area (Å²) in [6.45, 7) is 5.33. The molecule has 12 nitrogen and oxygen atoms in total. The number of hydrogen-bond donors (Lipinski definition) is 2. The number of carboxylic acid groups (broad SMARTS) is 1.